The molecule has 0 aliphatic rings. The Balaban J connectivity index is 0.00000102. The van der Waals surface area contributed by atoms with Crippen LogP contribution in [0.3, 0.4) is 0 Å². The van der Waals surface area contributed by atoms with E-state index in [1.807, 2.05) is 0 Å². The van der Waals surface area contributed by atoms with Gasteiger partial charge in [-0.3, -0.25) is 15.1 Å². The van der Waals surface area contributed by atoms with Crippen molar-refractivity contribution in [2.24, 2.45) is 0 Å². The molecule has 0 bridgehead atoms. The summed E-state index contributed by atoms with van der Waals surface area (Å²) in [4.78, 5) is 21.8. The van der Waals surface area contributed by atoms with Crippen molar-refractivity contribution < 1.29 is 9.34 Å². The summed E-state index contributed by atoms with van der Waals surface area (Å²) in [7, 11) is 0. The summed E-state index contributed by atoms with van der Waals surface area (Å²) < 4.78 is 5.60. The molecule has 0 radical (unpaired) electrons. The molecule has 0 unspecified atom stereocenters. The normalized spacial score (nSPS) is 10.4. The lowest BCUT2D eigenvalue weighted by Crippen LogP contribution is -1.86. The minimum Gasteiger partial charge on any atom is -0.411 e. The number of thioether (sulfide) groups is 1. The Morgan fingerprint density at radius 1 is 1.19 bits per heavy atom. The summed E-state index contributed by atoms with van der Waals surface area (Å²) in [5, 5.41) is 19.2. The second-order valence-electron chi connectivity index (χ2n) is 5.04. The molecule has 0 aliphatic heterocycles. The minimum absolute atomic E-state index is 0.0225. The first-order valence-corrected chi connectivity index (χ1v) is 8.67. The average Bonchev–Trinajstić information content (AvgIpc) is 3.34. The first-order chi connectivity index (χ1) is 13.2. The number of fused-ring (bicyclic) bond motifs is 1. The Labute approximate surface area is 157 Å². The second-order valence-corrected chi connectivity index (χ2v) is 5.97. The van der Waals surface area contributed by atoms with Gasteiger partial charge < -0.3 is 9.40 Å². The maximum Gasteiger partial charge on any atom is 0.277 e. The van der Waals surface area contributed by atoms with Crippen LogP contribution in [0.4, 0.5) is 5.69 Å². The highest BCUT2D eigenvalue weighted by Gasteiger charge is 2.12. The van der Waals surface area contributed by atoms with Crippen molar-refractivity contribution >= 4 is 28.5 Å². The van der Waals surface area contributed by atoms with Crippen molar-refractivity contribution in [3.63, 3.8) is 0 Å². The molecule has 0 fully saturated rings. The van der Waals surface area contributed by atoms with Crippen LogP contribution < -0.4 is 0 Å². The van der Waals surface area contributed by atoms with Crippen LogP contribution in [0.1, 0.15) is 5.82 Å². The molecule has 0 saturated carbocycles. The van der Waals surface area contributed by atoms with Crippen LogP contribution in [0.25, 0.3) is 22.5 Å². The molecule has 4 aromatic rings. The number of hydrogen-bond acceptors (Lipinski definition) is 8. The van der Waals surface area contributed by atoms with Crippen LogP contribution in [0.2, 0.25) is 0 Å². The largest absolute Gasteiger partial charge is 0.411 e. The van der Waals surface area contributed by atoms with E-state index in [1.165, 1.54) is 23.9 Å². The number of nitrogens with zero attached hydrogens (tertiary/aromatic N) is 5. The van der Waals surface area contributed by atoms with Crippen molar-refractivity contribution in [1.29, 1.82) is 0 Å². The molecule has 0 aliphatic carbocycles. The number of non-ortho nitro benzene ring substituents is 1. The molecule has 27 heavy (non-hydrogen) atoms. The zero-order chi connectivity index (χ0) is 19.2. The van der Waals surface area contributed by atoms with E-state index in [0.717, 1.165) is 5.56 Å². The number of aromatic amines is 1. The van der Waals surface area contributed by atoms with Crippen LogP contribution in [0.15, 0.2) is 65.5 Å². The molecule has 10 heteroatoms. The van der Waals surface area contributed by atoms with Crippen LogP contribution >= 0.6 is 11.8 Å². The quantitative estimate of drug-likeness (QED) is 0.238. The zero-order valence-corrected chi connectivity index (χ0v) is 14.8. The van der Waals surface area contributed by atoms with Crippen LogP contribution in [-0.4, -0.2) is 30.1 Å². The molecule has 9 nitrogen and oxygen atoms in total. The highest BCUT2D eigenvalue weighted by atomic mass is 32.2. The molecule has 136 valence electrons. The Hall–Kier alpha value is -3.53. The number of imidazole rings is 1. The fourth-order valence-corrected chi connectivity index (χ4v) is 2.88. The zero-order valence-electron chi connectivity index (χ0n) is 14.0. The molecule has 1 aromatic carbocycles. The number of nitrogens with one attached hydrogen (secondary N) is 1. The molecule has 4 rings (SSSR count). The van der Waals surface area contributed by atoms with E-state index >= 15 is 0 Å². The molecule has 0 spiro atoms. The molecule has 1 N–H and O–H groups in total. The van der Waals surface area contributed by atoms with E-state index in [9.17, 15) is 10.1 Å². The number of hydrogen-bond donors (Lipinski definition) is 1. The molecule has 0 amide bonds. The third-order valence-corrected chi connectivity index (χ3v) is 4.22. The molecule has 0 saturated heterocycles. The topological polar surface area (TPSA) is 124 Å². The predicted molar refractivity (Wildman–Crippen MR) is 101 cm³/mol. The van der Waals surface area contributed by atoms with Gasteiger partial charge >= 0.3 is 0 Å². The maximum absolute atomic E-state index is 10.8. The monoisotopic (exact) mass is 382 g/mol. The highest BCUT2D eigenvalue weighted by molar-refractivity contribution is 7.98. The lowest BCUT2D eigenvalue weighted by Gasteiger charge is -1.93. The summed E-state index contributed by atoms with van der Waals surface area (Å²) >= 11 is 1.33. The number of nitro groups is 1. The fraction of sp³-hybridized carbons (Fsp3) is 0.0588. The summed E-state index contributed by atoms with van der Waals surface area (Å²) in [6.45, 7) is 6.00. The lowest BCUT2D eigenvalue weighted by atomic mass is 10.3. The van der Waals surface area contributed by atoms with E-state index in [1.54, 1.807) is 30.6 Å². The van der Waals surface area contributed by atoms with Gasteiger partial charge in [0.15, 0.2) is 0 Å². The Kier molecular flexibility index (Phi) is 5.57. The van der Waals surface area contributed by atoms with Gasteiger partial charge in [0.05, 0.1) is 21.7 Å². The van der Waals surface area contributed by atoms with Crippen molar-refractivity contribution in [3.05, 3.63) is 71.8 Å². The molecule has 3 aromatic heterocycles. The van der Waals surface area contributed by atoms with Gasteiger partial charge in [0.25, 0.3) is 10.9 Å². The van der Waals surface area contributed by atoms with Gasteiger partial charge in [-0.1, -0.05) is 11.8 Å². The Morgan fingerprint density at radius 3 is 2.70 bits per heavy atom. The van der Waals surface area contributed by atoms with Crippen molar-refractivity contribution in [1.82, 2.24) is 25.1 Å². The van der Waals surface area contributed by atoms with Crippen molar-refractivity contribution in [3.8, 4) is 11.5 Å². The number of H-pyrrole nitrogens is 1. The minimum atomic E-state index is -0.437. The molecular weight excluding hydrogens is 368 g/mol. The van der Waals surface area contributed by atoms with Crippen LogP contribution in [0.5, 0.6) is 0 Å². The van der Waals surface area contributed by atoms with Gasteiger partial charge in [0.2, 0.25) is 5.89 Å². The van der Waals surface area contributed by atoms with Crippen molar-refractivity contribution in [2.75, 3.05) is 0 Å². The third-order valence-electron chi connectivity index (χ3n) is 3.39. The maximum atomic E-state index is 10.8. The summed E-state index contributed by atoms with van der Waals surface area (Å²) in [5.74, 6) is 1.56. The summed E-state index contributed by atoms with van der Waals surface area (Å²) in [6, 6.07) is 8.08. The highest BCUT2D eigenvalue weighted by Crippen LogP contribution is 2.26. The number of rotatable bonds is 5. The smallest absolute Gasteiger partial charge is 0.277 e. The number of aromatic nitrogens is 5. The van der Waals surface area contributed by atoms with Gasteiger partial charge in [-0.15, -0.1) is 23.4 Å². The van der Waals surface area contributed by atoms with Gasteiger partial charge in [-0.05, 0) is 18.2 Å². The van der Waals surface area contributed by atoms with Gasteiger partial charge in [0.1, 0.15) is 5.82 Å². The van der Waals surface area contributed by atoms with E-state index < -0.39 is 4.92 Å². The Morgan fingerprint density at radius 2 is 1.96 bits per heavy atom. The first kappa shape index (κ1) is 18.3. The van der Waals surface area contributed by atoms with Crippen LogP contribution in [0, 0.1) is 10.1 Å². The van der Waals surface area contributed by atoms with Gasteiger partial charge in [0, 0.05) is 30.1 Å². The Bertz CT molecular complexity index is 1060. The summed E-state index contributed by atoms with van der Waals surface area (Å²) in [5.41, 5.74) is 2.11. The molecular formula is C17H14N6O3S. The average molecular weight is 382 g/mol. The molecule has 0 atom stereocenters. The first-order valence-electron chi connectivity index (χ1n) is 7.69. The third kappa shape index (κ3) is 4.18. The van der Waals surface area contributed by atoms with E-state index in [0.29, 0.717) is 33.7 Å². The number of nitro benzene ring substituents is 1. The number of benzene rings is 1. The fourth-order valence-electron chi connectivity index (χ4n) is 2.24. The van der Waals surface area contributed by atoms with Crippen molar-refractivity contribution in [2.45, 2.75) is 11.0 Å². The summed E-state index contributed by atoms with van der Waals surface area (Å²) in [6.07, 6.45) is 3.31. The van der Waals surface area contributed by atoms with E-state index in [4.69, 9.17) is 4.42 Å². The predicted octanol–water partition coefficient (Wildman–Crippen LogP) is 4.01. The lowest BCUT2D eigenvalue weighted by molar-refractivity contribution is -0.384. The standard InChI is InChI=1S/C15H10N6O3S.C2H4/c22-21(23)10-1-2-11-12(7-10)18-13(17-11)8-25-15-20-19-14(24-15)9-3-5-16-6-4-9;1-2/h1-7H,8H2,(H,17,18);1-2H2. The van der Waals surface area contributed by atoms with E-state index in [-0.39, 0.29) is 5.69 Å². The second kappa shape index (κ2) is 8.23. The van der Waals surface area contributed by atoms with Crippen LogP contribution in [-0.2, 0) is 5.75 Å². The molecule has 3 heterocycles. The van der Waals surface area contributed by atoms with Gasteiger partial charge in [-0.25, -0.2) is 4.98 Å². The van der Waals surface area contributed by atoms with E-state index in [2.05, 4.69) is 38.3 Å². The van der Waals surface area contributed by atoms with Gasteiger partial charge in [-0.2, -0.15) is 0 Å². The SMILES string of the molecule is C=C.O=[N+]([O-])c1ccc2nc(CSc3nnc(-c4ccncc4)o3)[nH]c2c1. The number of pyridine rings is 1.